The largest absolute Gasteiger partial charge is 0.355 e. The first kappa shape index (κ1) is 16.6. The SMILES string of the molecule is CC(C)(S)C(=O)NCCCNC(=O)C(C)(C)S. The fourth-order valence-corrected chi connectivity index (χ4v) is 1.08. The van der Waals surface area contributed by atoms with Crippen LogP contribution in [0, 0.1) is 0 Å². The number of rotatable bonds is 6. The molecule has 0 aromatic rings. The Morgan fingerprint density at radius 1 is 0.882 bits per heavy atom. The average molecular weight is 278 g/mol. The van der Waals surface area contributed by atoms with Crippen LogP contribution in [0.5, 0.6) is 0 Å². The maximum absolute atomic E-state index is 11.4. The zero-order valence-electron chi connectivity index (χ0n) is 10.8. The van der Waals surface area contributed by atoms with E-state index in [1.165, 1.54) is 0 Å². The summed E-state index contributed by atoms with van der Waals surface area (Å²) in [5.74, 6) is -0.219. The highest BCUT2D eigenvalue weighted by molar-refractivity contribution is 7.82. The summed E-state index contributed by atoms with van der Waals surface area (Å²) in [5.41, 5.74) is 0. The van der Waals surface area contributed by atoms with Crippen LogP contribution in [-0.4, -0.2) is 34.4 Å². The van der Waals surface area contributed by atoms with E-state index in [4.69, 9.17) is 0 Å². The van der Waals surface area contributed by atoms with Crippen LogP contribution in [0.3, 0.4) is 0 Å². The highest BCUT2D eigenvalue weighted by atomic mass is 32.1. The molecular formula is C11H22N2O2S2. The summed E-state index contributed by atoms with van der Waals surface area (Å²) < 4.78 is -1.34. The van der Waals surface area contributed by atoms with Crippen LogP contribution >= 0.6 is 25.3 Å². The molecule has 0 atom stereocenters. The van der Waals surface area contributed by atoms with Gasteiger partial charge in [0.15, 0.2) is 0 Å². The van der Waals surface area contributed by atoms with Gasteiger partial charge in [-0.15, -0.1) is 0 Å². The van der Waals surface area contributed by atoms with E-state index < -0.39 is 9.49 Å². The van der Waals surface area contributed by atoms with Crippen LogP contribution in [-0.2, 0) is 9.59 Å². The minimum absolute atomic E-state index is 0.110. The molecule has 0 saturated heterocycles. The smallest absolute Gasteiger partial charge is 0.235 e. The molecule has 0 radical (unpaired) electrons. The predicted molar refractivity (Wildman–Crippen MR) is 76.8 cm³/mol. The molecule has 17 heavy (non-hydrogen) atoms. The lowest BCUT2D eigenvalue weighted by Gasteiger charge is -2.18. The van der Waals surface area contributed by atoms with Gasteiger partial charge in [-0.05, 0) is 34.1 Å². The van der Waals surface area contributed by atoms with E-state index >= 15 is 0 Å². The average Bonchev–Trinajstić information content (AvgIpc) is 2.13. The van der Waals surface area contributed by atoms with E-state index in [0.717, 1.165) is 0 Å². The Kier molecular flexibility index (Phi) is 6.40. The highest BCUT2D eigenvalue weighted by Crippen LogP contribution is 2.11. The maximum Gasteiger partial charge on any atom is 0.235 e. The van der Waals surface area contributed by atoms with Crippen molar-refractivity contribution in [1.29, 1.82) is 0 Å². The quantitative estimate of drug-likeness (QED) is 0.433. The Bertz CT molecular complexity index is 252. The van der Waals surface area contributed by atoms with Crippen molar-refractivity contribution in [2.75, 3.05) is 13.1 Å². The van der Waals surface area contributed by atoms with Crippen LogP contribution in [0.15, 0.2) is 0 Å². The number of hydrogen-bond donors (Lipinski definition) is 4. The molecule has 100 valence electrons. The second-order valence-electron chi connectivity index (χ2n) is 4.98. The van der Waals surface area contributed by atoms with Gasteiger partial charge in [0.05, 0.1) is 9.49 Å². The Labute approximate surface area is 114 Å². The molecule has 4 nitrogen and oxygen atoms in total. The summed E-state index contributed by atoms with van der Waals surface area (Å²) in [4.78, 5) is 22.9. The zero-order valence-corrected chi connectivity index (χ0v) is 12.6. The highest BCUT2D eigenvalue weighted by Gasteiger charge is 2.22. The second-order valence-corrected chi connectivity index (χ2v) is 7.22. The summed E-state index contributed by atoms with van der Waals surface area (Å²) in [7, 11) is 0. The van der Waals surface area contributed by atoms with Crippen LogP contribution in [0.4, 0.5) is 0 Å². The number of carbonyl (C=O) groups excluding carboxylic acids is 2. The van der Waals surface area contributed by atoms with Crippen molar-refractivity contribution in [3.8, 4) is 0 Å². The van der Waals surface area contributed by atoms with Gasteiger partial charge in [0, 0.05) is 13.1 Å². The molecule has 0 unspecified atom stereocenters. The van der Waals surface area contributed by atoms with Gasteiger partial charge in [-0.3, -0.25) is 9.59 Å². The van der Waals surface area contributed by atoms with Crippen LogP contribution in [0.2, 0.25) is 0 Å². The number of nitrogens with one attached hydrogen (secondary N) is 2. The lowest BCUT2D eigenvalue weighted by molar-refractivity contribution is -0.122. The minimum atomic E-state index is -0.670. The molecule has 0 aromatic heterocycles. The molecule has 0 fully saturated rings. The molecule has 0 spiro atoms. The van der Waals surface area contributed by atoms with Crippen LogP contribution in [0.25, 0.3) is 0 Å². The third-order valence-corrected chi connectivity index (χ3v) is 2.44. The number of amides is 2. The fourth-order valence-electron chi connectivity index (χ4n) is 0.925. The van der Waals surface area contributed by atoms with E-state index in [9.17, 15) is 9.59 Å². The first-order valence-corrected chi connectivity index (χ1v) is 6.46. The van der Waals surface area contributed by atoms with Gasteiger partial charge >= 0.3 is 0 Å². The number of carbonyl (C=O) groups is 2. The van der Waals surface area contributed by atoms with Crippen molar-refractivity contribution in [1.82, 2.24) is 10.6 Å². The molecule has 0 heterocycles. The first-order chi connectivity index (χ1) is 7.55. The summed E-state index contributed by atoms with van der Waals surface area (Å²) in [6.07, 6.45) is 0.686. The van der Waals surface area contributed by atoms with Crippen molar-refractivity contribution < 1.29 is 9.59 Å². The monoisotopic (exact) mass is 278 g/mol. The van der Waals surface area contributed by atoms with E-state index in [2.05, 4.69) is 35.9 Å². The van der Waals surface area contributed by atoms with Crippen LogP contribution in [0.1, 0.15) is 34.1 Å². The predicted octanol–water partition coefficient (Wildman–Crippen LogP) is 1.03. The molecule has 0 aliphatic carbocycles. The lowest BCUT2D eigenvalue weighted by Crippen LogP contribution is -2.41. The summed E-state index contributed by atoms with van der Waals surface area (Å²) >= 11 is 8.31. The molecule has 2 N–H and O–H groups in total. The summed E-state index contributed by atoms with van der Waals surface area (Å²) in [6, 6.07) is 0. The first-order valence-electron chi connectivity index (χ1n) is 5.56. The molecule has 0 aliphatic heterocycles. The van der Waals surface area contributed by atoms with Crippen molar-refractivity contribution >= 4 is 37.1 Å². The molecule has 2 amide bonds. The van der Waals surface area contributed by atoms with Gasteiger partial charge in [0.1, 0.15) is 0 Å². The van der Waals surface area contributed by atoms with Crippen molar-refractivity contribution in [2.45, 2.75) is 43.6 Å². The standard InChI is InChI=1S/C11H22N2O2S2/c1-10(2,16)8(14)12-6-5-7-13-9(15)11(3,4)17/h16-17H,5-7H2,1-4H3,(H,12,14)(H,13,15). The molecule has 0 aliphatic rings. The van der Waals surface area contributed by atoms with Gasteiger partial charge in [-0.25, -0.2) is 0 Å². The third kappa shape index (κ3) is 7.54. The Hall–Kier alpha value is -0.360. The lowest BCUT2D eigenvalue weighted by atomic mass is 10.2. The van der Waals surface area contributed by atoms with Crippen molar-refractivity contribution in [3.63, 3.8) is 0 Å². The minimum Gasteiger partial charge on any atom is -0.355 e. The summed E-state index contributed by atoms with van der Waals surface area (Å²) in [5, 5.41) is 5.50. The Morgan fingerprint density at radius 3 is 1.41 bits per heavy atom. The second kappa shape index (κ2) is 6.54. The normalized spacial score (nSPS) is 12.1. The van der Waals surface area contributed by atoms with Gasteiger partial charge in [-0.1, -0.05) is 0 Å². The van der Waals surface area contributed by atoms with E-state index in [1.807, 2.05) is 0 Å². The molecule has 0 rings (SSSR count). The molecule has 0 aromatic carbocycles. The summed E-state index contributed by atoms with van der Waals surface area (Å²) in [6.45, 7) is 7.98. The van der Waals surface area contributed by atoms with E-state index in [0.29, 0.717) is 19.5 Å². The van der Waals surface area contributed by atoms with Crippen molar-refractivity contribution in [3.05, 3.63) is 0 Å². The number of thiol groups is 2. The zero-order chi connectivity index (χ0) is 13.7. The van der Waals surface area contributed by atoms with E-state index in [-0.39, 0.29) is 11.8 Å². The molecule has 0 saturated carbocycles. The fraction of sp³-hybridized carbons (Fsp3) is 0.818. The molecule has 6 heteroatoms. The Balaban J connectivity index is 3.68. The van der Waals surface area contributed by atoms with Gasteiger partial charge in [-0.2, -0.15) is 25.3 Å². The van der Waals surface area contributed by atoms with Gasteiger partial charge < -0.3 is 10.6 Å². The van der Waals surface area contributed by atoms with Gasteiger partial charge in [0.2, 0.25) is 11.8 Å². The van der Waals surface area contributed by atoms with E-state index in [1.54, 1.807) is 27.7 Å². The number of hydrogen-bond acceptors (Lipinski definition) is 4. The maximum atomic E-state index is 11.4. The molecule has 0 bridgehead atoms. The third-order valence-electron chi connectivity index (χ3n) is 2.04. The van der Waals surface area contributed by atoms with Gasteiger partial charge in [0.25, 0.3) is 0 Å². The van der Waals surface area contributed by atoms with Crippen LogP contribution < -0.4 is 10.6 Å². The topological polar surface area (TPSA) is 58.2 Å². The molecular weight excluding hydrogens is 256 g/mol. The Morgan fingerprint density at radius 2 is 1.18 bits per heavy atom. The van der Waals surface area contributed by atoms with Crippen molar-refractivity contribution in [2.24, 2.45) is 0 Å².